The van der Waals surface area contributed by atoms with Crippen LogP contribution in [0.1, 0.15) is 33.2 Å². The zero-order valence-electron chi connectivity index (χ0n) is 18.3. The van der Waals surface area contributed by atoms with Gasteiger partial charge in [0, 0.05) is 6.07 Å². The molecule has 2 aromatic heterocycles. The SMILES string of the molecule is Cc1ccc(-c2cn3nc(C(=O)N[C@@H](c4ccc(F)cc4)C(F)(F)CO)cc3c(=O)[nH]2)cc1C. The van der Waals surface area contributed by atoms with Crippen LogP contribution in [-0.2, 0) is 0 Å². The molecule has 0 bridgehead atoms. The summed E-state index contributed by atoms with van der Waals surface area (Å²) in [6, 6.07) is 9.00. The summed E-state index contributed by atoms with van der Waals surface area (Å²) in [5, 5.41) is 15.4. The molecular formula is C24H21F3N4O3. The van der Waals surface area contributed by atoms with Gasteiger partial charge in [-0.1, -0.05) is 24.3 Å². The van der Waals surface area contributed by atoms with E-state index in [0.29, 0.717) is 5.69 Å². The van der Waals surface area contributed by atoms with Gasteiger partial charge in [-0.15, -0.1) is 0 Å². The number of aryl methyl sites for hydroxylation is 2. The zero-order chi connectivity index (χ0) is 24.6. The predicted octanol–water partition coefficient (Wildman–Crippen LogP) is 3.54. The zero-order valence-corrected chi connectivity index (χ0v) is 18.3. The fraction of sp³-hybridized carbons (Fsp3) is 0.208. The number of hydrogen-bond donors (Lipinski definition) is 3. The van der Waals surface area contributed by atoms with Crippen LogP contribution in [0, 0.1) is 19.7 Å². The lowest BCUT2D eigenvalue weighted by molar-refractivity contribution is -0.0786. The quantitative estimate of drug-likeness (QED) is 0.401. The van der Waals surface area contributed by atoms with E-state index in [1.165, 1.54) is 16.8 Å². The van der Waals surface area contributed by atoms with Crippen LogP contribution in [0.25, 0.3) is 16.8 Å². The second-order valence-corrected chi connectivity index (χ2v) is 8.03. The molecule has 3 N–H and O–H groups in total. The Balaban J connectivity index is 1.69. The van der Waals surface area contributed by atoms with Gasteiger partial charge in [-0.3, -0.25) is 9.59 Å². The third-order valence-corrected chi connectivity index (χ3v) is 5.63. The molecule has 0 saturated heterocycles. The topological polar surface area (TPSA) is 99.5 Å². The van der Waals surface area contributed by atoms with Gasteiger partial charge >= 0.3 is 0 Å². The Hall–Kier alpha value is -3.92. The number of H-pyrrole nitrogens is 1. The minimum Gasteiger partial charge on any atom is -0.390 e. The van der Waals surface area contributed by atoms with Crippen molar-refractivity contribution in [1.29, 1.82) is 0 Å². The predicted molar refractivity (Wildman–Crippen MR) is 119 cm³/mol. The number of halogens is 3. The van der Waals surface area contributed by atoms with Crippen molar-refractivity contribution >= 4 is 11.4 Å². The summed E-state index contributed by atoms with van der Waals surface area (Å²) in [4.78, 5) is 28.1. The maximum Gasteiger partial charge on any atom is 0.294 e. The number of carbonyl (C=O) groups is 1. The first-order valence-electron chi connectivity index (χ1n) is 10.3. The molecule has 0 radical (unpaired) electrons. The molecule has 0 saturated carbocycles. The van der Waals surface area contributed by atoms with Gasteiger partial charge in [0.15, 0.2) is 5.69 Å². The number of nitrogens with zero attached hydrogens (tertiary/aromatic N) is 2. The highest BCUT2D eigenvalue weighted by Gasteiger charge is 2.41. The normalized spacial score (nSPS) is 12.6. The number of benzene rings is 2. The number of alkyl halides is 2. The molecule has 4 aromatic rings. The molecule has 0 unspecified atom stereocenters. The average Bonchev–Trinajstić information content (AvgIpc) is 3.25. The van der Waals surface area contributed by atoms with Crippen molar-refractivity contribution in [3.8, 4) is 11.3 Å². The minimum absolute atomic E-state index is 0.0463. The smallest absolute Gasteiger partial charge is 0.294 e. The van der Waals surface area contributed by atoms with E-state index in [4.69, 9.17) is 5.11 Å². The summed E-state index contributed by atoms with van der Waals surface area (Å²) >= 11 is 0. The average molecular weight is 470 g/mol. The highest BCUT2D eigenvalue weighted by molar-refractivity contribution is 5.93. The highest BCUT2D eigenvalue weighted by Crippen LogP contribution is 2.31. The van der Waals surface area contributed by atoms with Crippen LogP contribution in [-0.4, -0.2) is 38.1 Å². The van der Waals surface area contributed by atoms with Gasteiger partial charge in [0.1, 0.15) is 24.0 Å². The van der Waals surface area contributed by atoms with Crippen LogP contribution in [0.15, 0.2) is 59.5 Å². The fourth-order valence-electron chi connectivity index (χ4n) is 3.55. The van der Waals surface area contributed by atoms with E-state index in [-0.39, 0.29) is 16.8 Å². The molecule has 2 aromatic carbocycles. The van der Waals surface area contributed by atoms with E-state index in [9.17, 15) is 22.8 Å². The first-order chi connectivity index (χ1) is 16.1. The van der Waals surface area contributed by atoms with Crippen molar-refractivity contribution in [2.24, 2.45) is 0 Å². The van der Waals surface area contributed by atoms with E-state index in [1.54, 1.807) is 0 Å². The van der Waals surface area contributed by atoms with E-state index in [2.05, 4.69) is 15.4 Å². The van der Waals surface area contributed by atoms with E-state index in [0.717, 1.165) is 41.0 Å². The fourth-order valence-corrected chi connectivity index (χ4v) is 3.55. The van der Waals surface area contributed by atoms with Crippen molar-refractivity contribution in [3.05, 3.63) is 93.3 Å². The summed E-state index contributed by atoms with van der Waals surface area (Å²) in [5.74, 6) is -5.36. The molecule has 34 heavy (non-hydrogen) atoms. The van der Waals surface area contributed by atoms with Crippen LogP contribution >= 0.6 is 0 Å². The molecule has 0 aliphatic heterocycles. The summed E-state index contributed by atoms with van der Waals surface area (Å²) in [6.45, 7) is 2.36. The summed E-state index contributed by atoms with van der Waals surface area (Å²) in [5.41, 5.74) is 2.46. The standard InChI is InChI=1S/C24H21F3N4O3/c1-13-3-4-16(9-14(13)2)19-11-31-20(23(34)28-19)10-18(30-31)22(33)29-21(24(26,27)12-32)15-5-7-17(25)8-6-15/h3-11,21,32H,12H2,1-2H3,(H,28,34)(H,29,33)/t21-/m0/s1. The van der Waals surface area contributed by atoms with Gasteiger partial charge in [-0.05, 0) is 54.3 Å². The van der Waals surface area contributed by atoms with Gasteiger partial charge in [0.2, 0.25) is 0 Å². The number of aromatic amines is 1. The first-order valence-corrected chi connectivity index (χ1v) is 10.3. The Kier molecular flexibility index (Phi) is 6.01. The van der Waals surface area contributed by atoms with Crippen LogP contribution in [0.3, 0.4) is 0 Å². The largest absolute Gasteiger partial charge is 0.390 e. The Bertz CT molecular complexity index is 1430. The van der Waals surface area contributed by atoms with Crippen molar-refractivity contribution in [1.82, 2.24) is 19.9 Å². The molecule has 10 heteroatoms. The number of aromatic nitrogens is 3. The van der Waals surface area contributed by atoms with Crippen LogP contribution in [0.5, 0.6) is 0 Å². The molecule has 0 spiro atoms. The molecule has 176 valence electrons. The molecule has 1 atom stereocenters. The number of aliphatic hydroxyl groups is 1. The van der Waals surface area contributed by atoms with Gasteiger partial charge < -0.3 is 15.4 Å². The Morgan fingerprint density at radius 1 is 1.15 bits per heavy atom. The van der Waals surface area contributed by atoms with Crippen molar-refractivity contribution < 1.29 is 23.1 Å². The van der Waals surface area contributed by atoms with Crippen molar-refractivity contribution in [2.45, 2.75) is 25.8 Å². The van der Waals surface area contributed by atoms with Crippen LogP contribution in [0.4, 0.5) is 13.2 Å². The van der Waals surface area contributed by atoms with Crippen molar-refractivity contribution in [3.63, 3.8) is 0 Å². The lowest BCUT2D eigenvalue weighted by Gasteiger charge is -2.26. The van der Waals surface area contributed by atoms with Gasteiger partial charge in [-0.2, -0.15) is 5.10 Å². The number of fused-ring (bicyclic) bond motifs is 1. The molecule has 0 fully saturated rings. The lowest BCUT2D eigenvalue weighted by atomic mass is 10.0. The molecular weight excluding hydrogens is 449 g/mol. The first kappa shape index (κ1) is 23.2. The monoisotopic (exact) mass is 470 g/mol. The molecule has 0 aliphatic rings. The molecule has 1 amide bonds. The number of rotatable bonds is 6. The van der Waals surface area contributed by atoms with E-state index in [1.807, 2.05) is 32.0 Å². The maximum atomic E-state index is 14.4. The molecule has 4 rings (SSSR count). The number of nitrogens with one attached hydrogen (secondary N) is 2. The number of carbonyl (C=O) groups excluding carboxylic acids is 1. The molecule has 0 aliphatic carbocycles. The van der Waals surface area contributed by atoms with Crippen molar-refractivity contribution in [2.75, 3.05) is 6.61 Å². The summed E-state index contributed by atoms with van der Waals surface area (Å²) in [7, 11) is 0. The summed E-state index contributed by atoms with van der Waals surface area (Å²) < 4.78 is 43.3. The van der Waals surface area contributed by atoms with Gasteiger partial charge in [0.25, 0.3) is 17.4 Å². The highest BCUT2D eigenvalue weighted by atomic mass is 19.3. The molecule has 2 heterocycles. The number of amides is 1. The van der Waals surface area contributed by atoms with Gasteiger partial charge in [-0.25, -0.2) is 17.7 Å². The number of aliphatic hydroxyl groups excluding tert-OH is 1. The molecule has 7 nitrogen and oxygen atoms in total. The second kappa shape index (κ2) is 8.79. The van der Waals surface area contributed by atoms with E-state index >= 15 is 0 Å². The number of hydrogen-bond acceptors (Lipinski definition) is 4. The Labute approximate surface area is 191 Å². The summed E-state index contributed by atoms with van der Waals surface area (Å²) in [6.07, 6.45) is 1.53. The third-order valence-electron chi connectivity index (χ3n) is 5.63. The van der Waals surface area contributed by atoms with Gasteiger partial charge in [0.05, 0.1) is 11.9 Å². The Morgan fingerprint density at radius 3 is 2.50 bits per heavy atom. The Morgan fingerprint density at radius 2 is 1.85 bits per heavy atom. The maximum absolute atomic E-state index is 14.4. The third kappa shape index (κ3) is 4.44. The van der Waals surface area contributed by atoms with Crippen LogP contribution < -0.4 is 10.9 Å². The lowest BCUT2D eigenvalue weighted by Crippen LogP contribution is -2.43. The van der Waals surface area contributed by atoms with E-state index < -0.39 is 35.9 Å². The minimum atomic E-state index is -3.74. The van der Waals surface area contributed by atoms with Crippen LogP contribution in [0.2, 0.25) is 0 Å². The second-order valence-electron chi connectivity index (χ2n) is 8.03.